The van der Waals surface area contributed by atoms with E-state index in [4.69, 9.17) is 29.4 Å². The van der Waals surface area contributed by atoms with Crippen LogP contribution in [0.1, 0.15) is 98.3 Å². The number of nitrogens with one attached hydrogen (secondary N) is 7. The number of fused-ring (bicyclic) bond motifs is 7. The number of aromatic amines is 7. The molecule has 0 aliphatic carbocycles. The first-order valence-corrected chi connectivity index (χ1v) is 39.0. The lowest BCUT2D eigenvalue weighted by Gasteiger charge is -2.07. The number of aromatic nitrogens is 7. The van der Waals surface area contributed by atoms with E-state index in [1.165, 1.54) is 40.6 Å². The predicted octanol–water partition coefficient (Wildman–Crippen LogP) is 22.1. The summed E-state index contributed by atoms with van der Waals surface area (Å²) in [6.07, 6.45) is 26.2. The third kappa shape index (κ3) is 32.0. The number of ether oxygens (including phenoxy) is 5. The Hall–Kier alpha value is -12.6. The molecule has 0 radical (unpaired) electrons. The quantitative estimate of drug-likeness (QED) is 0.0181. The highest BCUT2D eigenvalue weighted by Crippen LogP contribution is 2.33. The molecule has 29 heteroatoms. The molecule has 11 N–H and O–H groups in total. The molecule has 0 aliphatic heterocycles. The van der Waals surface area contributed by atoms with Crippen LogP contribution >= 0.6 is 31.9 Å². The molecular weight excluding hydrogens is 1590 g/mol. The van der Waals surface area contributed by atoms with Crippen LogP contribution in [0.15, 0.2) is 232 Å². The summed E-state index contributed by atoms with van der Waals surface area (Å²) in [6, 6.07) is 48.2. The van der Waals surface area contributed by atoms with Gasteiger partial charge in [-0.3, -0.25) is 40.5 Å². The summed E-state index contributed by atoms with van der Waals surface area (Å²) in [5, 5.41) is 67.1. The Kier molecular flexibility index (Phi) is 44.5. The van der Waals surface area contributed by atoms with Gasteiger partial charge in [-0.05, 0) is 169 Å². The average Bonchev–Trinajstić information content (AvgIpc) is 1.66. The number of H-pyrrole nitrogens is 7. The normalized spacial score (nSPS) is 10.4. The van der Waals surface area contributed by atoms with E-state index in [-0.39, 0.29) is 0 Å². The lowest BCUT2D eigenvalue weighted by Crippen LogP contribution is -2.02. The van der Waals surface area contributed by atoms with Gasteiger partial charge >= 0.3 is 0 Å². The summed E-state index contributed by atoms with van der Waals surface area (Å²) in [6.45, 7) is 21.5. The Labute approximate surface area is 678 Å². The third-order valence-electron chi connectivity index (χ3n) is 15.1. The van der Waals surface area contributed by atoms with E-state index in [1.54, 1.807) is 38.4 Å². The SMILES string of the molecule is C/C=C/[N+](=O)[O-].C/C=C/[N+](=O)[O-].CCBr.CCBr.CCCOc1cccc2[nH]cc(/C=C\[N+](=O)[O-])c12.CCCOc1cccc2[nH]cc(CCN)c12.CCCOc1cccc2[nH]ccc12.CCOc1cccc2c(/C=C\[N+](=O)[O-])c[nH]c12.CCOc1cccc2cc[nH]c12.Oc1cccc2[nH]ccc12.Oc1cccc2cc[nH]c12. The first-order valence-electron chi connectivity index (χ1n) is 36.8. The molecule has 114 heavy (non-hydrogen) atoms. The number of nitrogens with two attached hydrogens (primary N) is 1. The van der Waals surface area contributed by atoms with E-state index in [1.807, 2.05) is 193 Å². The van der Waals surface area contributed by atoms with Gasteiger partial charge in [-0.15, -0.1) is 0 Å². The molecule has 7 aromatic heterocycles. The van der Waals surface area contributed by atoms with E-state index in [2.05, 4.69) is 92.7 Å². The van der Waals surface area contributed by atoms with Crippen molar-refractivity contribution in [3.63, 3.8) is 0 Å². The Bertz CT molecular complexity index is 5150. The highest BCUT2D eigenvalue weighted by atomic mass is 79.9. The van der Waals surface area contributed by atoms with Crippen LogP contribution < -0.4 is 29.4 Å². The van der Waals surface area contributed by atoms with Gasteiger partial charge in [0.25, 0.3) is 0 Å². The van der Waals surface area contributed by atoms with Gasteiger partial charge in [0.1, 0.15) is 40.2 Å². The van der Waals surface area contributed by atoms with Gasteiger partial charge in [0.15, 0.2) is 0 Å². The molecule has 0 saturated heterocycles. The summed E-state index contributed by atoms with van der Waals surface area (Å²) >= 11 is 6.29. The van der Waals surface area contributed by atoms with Crippen molar-refractivity contribution in [3.8, 4) is 40.2 Å². The van der Waals surface area contributed by atoms with E-state index in [0.717, 1.165) is 180 Å². The summed E-state index contributed by atoms with van der Waals surface area (Å²) < 4.78 is 27.9. The Balaban J connectivity index is 0.000000272. The summed E-state index contributed by atoms with van der Waals surface area (Å²) in [5.41, 5.74) is 15.3. The highest BCUT2D eigenvalue weighted by Gasteiger charge is 2.12. The van der Waals surface area contributed by atoms with Crippen LogP contribution in [0.4, 0.5) is 0 Å². The van der Waals surface area contributed by atoms with Crippen molar-refractivity contribution in [2.75, 3.05) is 50.2 Å². The molecule has 7 aromatic carbocycles. The Morgan fingerprint density at radius 3 is 1.31 bits per heavy atom. The summed E-state index contributed by atoms with van der Waals surface area (Å²) in [7, 11) is 0. The molecule has 0 amide bonds. The first-order chi connectivity index (χ1) is 55.3. The Morgan fingerprint density at radius 2 is 0.798 bits per heavy atom. The van der Waals surface area contributed by atoms with Crippen LogP contribution in [0.5, 0.6) is 40.2 Å². The fraction of sp³-hybridized carbons (Fsp3) is 0.247. The predicted molar refractivity (Wildman–Crippen MR) is 468 cm³/mol. The average molecular weight is 1690 g/mol. The highest BCUT2D eigenvalue weighted by molar-refractivity contribution is 9.09. The van der Waals surface area contributed by atoms with Crippen LogP contribution in [0.25, 0.3) is 88.5 Å². The number of benzene rings is 7. The van der Waals surface area contributed by atoms with Crippen LogP contribution in [0.3, 0.4) is 0 Å². The third-order valence-corrected chi connectivity index (χ3v) is 15.1. The van der Waals surface area contributed by atoms with Crippen LogP contribution in [-0.4, -0.2) is 115 Å². The van der Waals surface area contributed by atoms with Gasteiger partial charge in [0.05, 0.1) is 69.3 Å². The van der Waals surface area contributed by atoms with E-state index < -0.39 is 19.7 Å². The topological polar surface area (TPSA) is 396 Å². The zero-order valence-electron chi connectivity index (χ0n) is 65.4. The van der Waals surface area contributed by atoms with Crippen molar-refractivity contribution < 1.29 is 53.6 Å². The largest absolute Gasteiger partial charge is 0.507 e. The summed E-state index contributed by atoms with van der Waals surface area (Å²) in [5.74, 6) is 5.01. The second-order valence-electron chi connectivity index (χ2n) is 23.4. The minimum absolute atomic E-state index is 0.308. The lowest BCUT2D eigenvalue weighted by atomic mass is 10.1. The van der Waals surface area contributed by atoms with Gasteiger partial charge < -0.3 is 74.5 Å². The number of para-hydroxylation sites is 3. The molecule has 7 heterocycles. The number of nitrogens with zero attached hydrogens (tertiary/aromatic N) is 4. The molecule has 0 fully saturated rings. The van der Waals surface area contributed by atoms with Crippen molar-refractivity contribution in [1.29, 1.82) is 0 Å². The van der Waals surface area contributed by atoms with E-state index in [0.29, 0.717) is 37.9 Å². The van der Waals surface area contributed by atoms with Crippen LogP contribution in [0.2, 0.25) is 0 Å². The fourth-order valence-electron chi connectivity index (χ4n) is 10.5. The minimum Gasteiger partial charge on any atom is -0.507 e. The van der Waals surface area contributed by atoms with Gasteiger partial charge in [-0.2, -0.15) is 0 Å². The molecular formula is C85H102Br2N12O15. The molecule has 0 aliphatic rings. The molecule has 0 saturated carbocycles. The number of phenolic OH excluding ortho intramolecular Hbond substituents is 2. The maximum absolute atomic E-state index is 10.4. The molecule has 0 atom stereocenters. The summed E-state index contributed by atoms with van der Waals surface area (Å²) in [4.78, 5) is 59.0. The van der Waals surface area contributed by atoms with Crippen LogP contribution in [-0.2, 0) is 6.42 Å². The molecule has 14 aromatic rings. The second-order valence-corrected chi connectivity index (χ2v) is 25.6. The molecule has 14 rings (SSSR count). The molecule has 27 nitrogen and oxygen atoms in total. The number of aromatic hydroxyl groups is 2. The molecule has 606 valence electrons. The maximum Gasteiger partial charge on any atom is 0.235 e. The van der Waals surface area contributed by atoms with Crippen molar-refractivity contribution in [1.82, 2.24) is 34.9 Å². The lowest BCUT2D eigenvalue weighted by molar-refractivity contribution is -0.402. The van der Waals surface area contributed by atoms with Gasteiger partial charge in [0, 0.05) is 137 Å². The van der Waals surface area contributed by atoms with Gasteiger partial charge in [0.2, 0.25) is 24.8 Å². The minimum atomic E-state index is -0.500. The van der Waals surface area contributed by atoms with Gasteiger partial charge in [-0.25, -0.2) is 0 Å². The van der Waals surface area contributed by atoms with Crippen molar-refractivity contribution >= 4 is 120 Å². The number of phenols is 2. The standard InChI is InChI=1S/C13H14N2O3.C13H18N2O.C12H12N2O3.C11H13NO.C10H11NO.2C8H7NO.2C3H5NO2.2C2H5Br/c1-2-8-18-12-5-3-4-11-13(12)10(9-14-11)6-7-15(16)17;1-2-8-16-12-5-3-4-11-13(12)10(6-7-14)9-15-11;1-2-17-11-5-3-4-10-9(6-7-14(15)16)8-13-12(10)11;1-2-8-13-11-5-3-4-10-9(11)6-7-12-10;1-2-12-9-5-3-4-8-6-7-11-10(8)9;10-8-3-1-2-7-6(8)4-5-9-7;10-7-3-1-2-6-4-5-9-8(6)7;2*1-2-3-4(5)6;2*1-2-3/h3-7,9,14H,2,8H2,1H3;3-5,9,15H,2,6-8,14H2,1H3;3-8,13H,2H2,1H3;3-7,12H,2,8H2,1H3;3-7,11H,2H2,1H3;2*1-5,9-10H;2*2-3H,1H3;2*2H2,1H3/b7-6-;;7-6-;;;;;2*3-2+;;. The number of hydrogen-bond donors (Lipinski definition) is 10. The smallest absolute Gasteiger partial charge is 0.235 e. The number of hydrogen-bond acceptors (Lipinski definition) is 16. The molecule has 0 spiro atoms. The monoisotopic (exact) mass is 1690 g/mol. The first kappa shape index (κ1) is 93.8. The van der Waals surface area contributed by atoms with Crippen molar-refractivity contribution in [2.24, 2.45) is 5.73 Å². The van der Waals surface area contributed by atoms with E-state index in [9.17, 15) is 50.7 Å². The van der Waals surface area contributed by atoms with Crippen molar-refractivity contribution in [3.05, 3.63) is 289 Å². The zero-order valence-corrected chi connectivity index (χ0v) is 68.6. The molecule has 0 bridgehead atoms. The Morgan fingerprint density at radius 1 is 0.395 bits per heavy atom. The molecule has 0 unspecified atom stereocenters. The number of rotatable bonds is 21. The fourth-order valence-corrected chi connectivity index (χ4v) is 10.5. The number of nitro groups is 4. The number of halogens is 2. The number of alkyl halides is 2. The second kappa shape index (κ2) is 54.1. The maximum atomic E-state index is 10.4. The van der Waals surface area contributed by atoms with Crippen molar-refractivity contribution in [2.45, 2.75) is 88.0 Å². The number of allylic oxidation sites excluding steroid dienone is 2. The van der Waals surface area contributed by atoms with E-state index >= 15 is 0 Å². The van der Waals surface area contributed by atoms with Gasteiger partial charge in [-0.1, -0.05) is 127 Å². The van der Waals surface area contributed by atoms with Crippen LogP contribution in [0, 0.1) is 40.5 Å². The zero-order chi connectivity index (χ0) is 83.4.